The maximum Gasteiger partial charge on any atom is 0.264 e. The van der Waals surface area contributed by atoms with Gasteiger partial charge in [0.2, 0.25) is 11.8 Å². The molecule has 0 aliphatic rings. The molecule has 7 nitrogen and oxygen atoms in total. The number of carbonyl (C=O) groups excluding carboxylic acids is 2. The highest BCUT2D eigenvalue weighted by Crippen LogP contribution is 2.29. The zero-order chi connectivity index (χ0) is 32.6. The van der Waals surface area contributed by atoms with Crippen molar-refractivity contribution in [3.05, 3.63) is 129 Å². The molecule has 2 amide bonds. The van der Waals surface area contributed by atoms with Gasteiger partial charge in [-0.05, 0) is 79.8 Å². The Balaban J connectivity index is 1.83. The molecule has 236 valence electrons. The Kier molecular flexibility index (Phi) is 11.6. The van der Waals surface area contributed by atoms with E-state index in [2.05, 4.69) is 21.2 Å². The summed E-state index contributed by atoms with van der Waals surface area (Å²) in [6.45, 7) is 7.70. The van der Waals surface area contributed by atoms with E-state index in [4.69, 9.17) is 0 Å². The molecule has 1 N–H and O–H groups in total. The Labute approximate surface area is 275 Å². The Morgan fingerprint density at radius 2 is 1.51 bits per heavy atom. The Hall–Kier alpha value is -3.95. The lowest BCUT2D eigenvalue weighted by molar-refractivity contribution is -0.140. The highest BCUT2D eigenvalue weighted by Gasteiger charge is 2.35. The van der Waals surface area contributed by atoms with E-state index in [0.29, 0.717) is 12.2 Å². The van der Waals surface area contributed by atoms with Gasteiger partial charge in [0, 0.05) is 24.0 Å². The first-order chi connectivity index (χ1) is 21.5. The predicted octanol–water partition coefficient (Wildman–Crippen LogP) is 6.74. The van der Waals surface area contributed by atoms with E-state index >= 15 is 0 Å². The van der Waals surface area contributed by atoms with Crippen LogP contribution >= 0.6 is 15.9 Å². The zero-order valence-electron chi connectivity index (χ0n) is 26.2. The summed E-state index contributed by atoms with van der Waals surface area (Å²) in [4.78, 5) is 30.0. The lowest BCUT2D eigenvalue weighted by Gasteiger charge is -2.34. The first-order valence-electron chi connectivity index (χ1n) is 15.0. The smallest absolute Gasteiger partial charge is 0.264 e. The van der Waals surface area contributed by atoms with Crippen LogP contribution in [0.15, 0.2) is 106 Å². The van der Waals surface area contributed by atoms with Gasteiger partial charge in [0.05, 0.1) is 10.6 Å². The van der Waals surface area contributed by atoms with Gasteiger partial charge in [-0.1, -0.05) is 95.1 Å². The summed E-state index contributed by atoms with van der Waals surface area (Å²) in [6, 6.07) is 28.2. The number of nitrogens with one attached hydrogen (secondary N) is 1. The summed E-state index contributed by atoms with van der Waals surface area (Å²) in [6.07, 6.45) is 1.00. The maximum atomic E-state index is 14.6. The summed E-state index contributed by atoms with van der Waals surface area (Å²) >= 11 is 3.52. The number of aryl methyl sites for hydroxylation is 2. The molecule has 4 rings (SSSR count). The number of sulfonamides is 1. The monoisotopic (exact) mass is 689 g/mol. The fourth-order valence-corrected chi connectivity index (χ4v) is 7.03. The number of hydrogen-bond donors (Lipinski definition) is 1. The van der Waals surface area contributed by atoms with Gasteiger partial charge >= 0.3 is 0 Å². The number of benzene rings is 4. The van der Waals surface area contributed by atoms with Crippen LogP contribution in [0.4, 0.5) is 5.69 Å². The third-order valence-electron chi connectivity index (χ3n) is 7.79. The van der Waals surface area contributed by atoms with Crippen LogP contribution in [0.5, 0.6) is 0 Å². The van der Waals surface area contributed by atoms with Crippen molar-refractivity contribution < 1.29 is 18.0 Å². The van der Waals surface area contributed by atoms with E-state index in [1.165, 1.54) is 9.21 Å². The van der Waals surface area contributed by atoms with Crippen LogP contribution in [0.3, 0.4) is 0 Å². The average Bonchev–Trinajstić information content (AvgIpc) is 3.02. The number of carbonyl (C=O) groups is 2. The number of anilines is 1. The number of halogens is 1. The highest BCUT2D eigenvalue weighted by molar-refractivity contribution is 9.10. The zero-order valence-corrected chi connectivity index (χ0v) is 28.6. The lowest BCUT2D eigenvalue weighted by Crippen LogP contribution is -2.53. The topological polar surface area (TPSA) is 86.8 Å². The van der Waals surface area contributed by atoms with Crippen LogP contribution in [-0.4, -0.2) is 44.3 Å². The van der Waals surface area contributed by atoms with Gasteiger partial charge < -0.3 is 10.2 Å². The van der Waals surface area contributed by atoms with Gasteiger partial charge in [0.1, 0.15) is 12.6 Å². The van der Waals surface area contributed by atoms with Crippen molar-refractivity contribution in [3.8, 4) is 0 Å². The standard InChI is InChI=1S/C36H40BrN3O4S/c1-5-21-38-36(42)34(23-29-12-7-6-8-13-29)39(24-30-14-10-15-31(37)22-30)35(41)25-40(33-16-9-11-27(3)28(33)4)45(43,44)32-19-17-26(2)18-20-32/h6-20,22,34H,5,21,23-25H2,1-4H3,(H,38,42). The second kappa shape index (κ2) is 15.4. The van der Waals surface area contributed by atoms with E-state index in [-0.39, 0.29) is 23.8 Å². The molecule has 4 aromatic carbocycles. The minimum absolute atomic E-state index is 0.0851. The maximum absolute atomic E-state index is 14.6. The van der Waals surface area contributed by atoms with Gasteiger partial charge in [-0.3, -0.25) is 13.9 Å². The highest BCUT2D eigenvalue weighted by atomic mass is 79.9. The van der Waals surface area contributed by atoms with Crippen LogP contribution in [0, 0.1) is 20.8 Å². The molecule has 4 aromatic rings. The van der Waals surface area contributed by atoms with Gasteiger partial charge in [0.15, 0.2) is 0 Å². The number of nitrogens with zero attached hydrogens (tertiary/aromatic N) is 2. The molecule has 0 saturated carbocycles. The van der Waals surface area contributed by atoms with Crippen molar-refractivity contribution >= 4 is 43.5 Å². The quantitative estimate of drug-likeness (QED) is 0.169. The molecule has 0 aromatic heterocycles. The van der Waals surface area contributed by atoms with Crippen molar-refractivity contribution in [1.29, 1.82) is 0 Å². The molecule has 1 atom stereocenters. The molecule has 0 aliphatic heterocycles. The summed E-state index contributed by atoms with van der Waals surface area (Å²) in [7, 11) is -4.16. The van der Waals surface area contributed by atoms with Crippen molar-refractivity contribution in [2.24, 2.45) is 0 Å². The second-order valence-corrected chi connectivity index (χ2v) is 14.0. The molecule has 45 heavy (non-hydrogen) atoms. The number of rotatable bonds is 13. The van der Waals surface area contributed by atoms with Crippen LogP contribution in [0.25, 0.3) is 0 Å². The molecular weight excluding hydrogens is 650 g/mol. The predicted molar refractivity (Wildman–Crippen MR) is 184 cm³/mol. The number of hydrogen-bond acceptors (Lipinski definition) is 4. The van der Waals surface area contributed by atoms with Crippen molar-refractivity contribution in [3.63, 3.8) is 0 Å². The largest absolute Gasteiger partial charge is 0.354 e. The van der Waals surface area contributed by atoms with Crippen LogP contribution in [0.1, 0.15) is 41.2 Å². The number of amides is 2. The molecule has 0 saturated heterocycles. The van der Waals surface area contributed by atoms with Gasteiger partial charge in [-0.2, -0.15) is 0 Å². The molecular formula is C36H40BrN3O4S. The third-order valence-corrected chi connectivity index (χ3v) is 10.1. The minimum Gasteiger partial charge on any atom is -0.354 e. The Bertz CT molecular complexity index is 1730. The lowest BCUT2D eigenvalue weighted by atomic mass is 10.0. The first-order valence-corrected chi connectivity index (χ1v) is 17.3. The van der Waals surface area contributed by atoms with Gasteiger partial charge in [-0.15, -0.1) is 0 Å². The molecule has 0 bridgehead atoms. The van der Waals surface area contributed by atoms with Crippen molar-refractivity contribution in [2.45, 2.75) is 58.0 Å². The average molecular weight is 691 g/mol. The molecule has 0 aliphatic carbocycles. The van der Waals surface area contributed by atoms with E-state index in [1.807, 2.05) is 88.4 Å². The first kappa shape index (κ1) is 33.9. The van der Waals surface area contributed by atoms with E-state index in [1.54, 1.807) is 36.4 Å². The molecule has 0 fully saturated rings. The third kappa shape index (κ3) is 8.61. The Morgan fingerprint density at radius 1 is 0.844 bits per heavy atom. The van der Waals surface area contributed by atoms with E-state index in [0.717, 1.165) is 38.7 Å². The van der Waals surface area contributed by atoms with Crippen LogP contribution < -0.4 is 9.62 Å². The minimum atomic E-state index is -4.16. The molecule has 9 heteroatoms. The summed E-state index contributed by atoms with van der Waals surface area (Å²) in [5.74, 6) is -0.775. The van der Waals surface area contributed by atoms with E-state index < -0.39 is 28.5 Å². The summed E-state index contributed by atoms with van der Waals surface area (Å²) < 4.78 is 30.6. The fourth-order valence-electron chi connectivity index (χ4n) is 5.11. The SMILES string of the molecule is CCCNC(=O)C(Cc1ccccc1)N(Cc1cccc(Br)c1)C(=O)CN(c1cccc(C)c1C)S(=O)(=O)c1ccc(C)cc1. The fraction of sp³-hybridized carbons (Fsp3) is 0.278. The summed E-state index contributed by atoms with van der Waals surface area (Å²) in [5, 5.41) is 2.97. The normalized spacial score (nSPS) is 11.9. The van der Waals surface area contributed by atoms with Crippen LogP contribution in [0.2, 0.25) is 0 Å². The van der Waals surface area contributed by atoms with Crippen molar-refractivity contribution in [1.82, 2.24) is 10.2 Å². The van der Waals surface area contributed by atoms with Crippen LogP contribution in [-0.2, 0) is 32.6 Å². The second-order valence-electron chi connectivity index (χ2n) is 11.2. The molecule has 0 heterocycles. The molecule has 0 radical (unpaired) electrons. The van der Waals surface area contributed by atoms with E-state index in [9.17, 15) is 18.0 Å². The Morgan fingerprint density at radius 3 is 2.18 bits per heavy atom. The van der Waals surface area contributed by atoms with Crippen molar-refractivity contribution in [2.75, 3.05) is 17.4 Å². The summed E-state index contributed by atoms with van der Waals surface area (Å²) in [5.41, 5.74) is 4.68. The van der Waals surface area contributed by atoms with Gasteiger partial charge in [-0.25, -0.2) is 8.42 Å². The molecule has 1 unspecified atom stereocenters. The molecule has 0 spiro atoms. The van der Waals surface area contributed by atoms with Gasteiger partial charge in [0.25, 0.3) is 10.0 Å².